The molecule has 0 bridgehead atoms. The average molecular weight is 325 g/mol. The van der Waals surface area contributed by atoms with Crippen molar-refractivity contribution in [2.45, 2.75) is 18.6 Å². The zero-order chi connectivity index (χ0) is 14.8. The lowest BCUT2D eigenvalue weighted by Crippen LogP contribution is -2.43. The molecule has 1 amide bonds. The van der Waals surface area contributed by atoms with Crippen molar-refractivity contribution >= 4 is 38.9 Å². The maximum Gasteiger partial charge on any atom is 0.251 e. The quantitative estimate of drug-likeness (QED) is 0.859. The number of carbonyl (C=O) groups excluding carboxylic acids is 1. The highest BCUT2D eigenvalue weighted by Gasteiger charge is 2.30. The van der Waals surface area contributed by atoms with Gasteiger partial charge < -0.3 is 5.32 Å². The van der Waals surface area contributed by atoms with E-state index in [4.69, 9.17) is 23.2 Å². The molecule has 1 aromatic heterocycles. The Kier molecular flexibility index (Phi) is 4.81. The van der Waals surface area contributed by atoms with E-state index < -0.39 is 20.5 Å². The molecule has 106 valence electrons. The number of amides is 1. The first kappa shape index (κ1) is 16.2. The monoisotopic (exact) mass is 324 g/mol. The Morgan fingerprint density at radius 3 is 2.21 bits per heavy atom. The van der Waals surface area contributed by atoms with Gasteiger partial charge in [0.25, 0.3) is 5.91 Å². The molecule has 0 fully saturated rings. The summed E-state index contributed by atoms with van der Waals surface area (Å²) in [5, 5.41) is 2.73. The van der Waals surface area contributed by atoms with Crippen LogP contribution in [0.25, 0.3) is 0 Å². The molecule has 0 aromatic carbocycles. The Balaban J connectivity index is 2.82. The summed E-state index contributed by atoms with van der Waals surface area (Å²) in [6.45, 7) is 3.06. The van der Waals surface area contributed by atoms with E-state index in [1.165, 1.54) is 26.0 Å². The van der Waals surface area contributed by atoms with Crippen molar-refractivity contribution < 1.29 is 13.2 Å². The maximum absolute atomic E-state index is 11.9. The minimum atomic E-state index is -3.28. The molecular weight excluding hydrogens is 311 g/mol. The Bertz CT molecular complexity index is 580. The molecule has 19 heavy (non-hydrogen) atoms. The van der Waals surface area contributed by atoms with Gasteiger partial charge in [-0.15, -0.1) is 0 Å². The van der Waals surface area contributed by atoms with Crippen molar-refractivity contribution in [1.82, 2.24) is 10.3 Å². The van der Waals surface area contributed by atoms with E-state index in [-0.39, 0.29) is 22.4 Å². The summed E-state index contributed by atoms with van der Waals surface area (Å²) >= 11 is 11.4. The fourth-order valence-corrected chi connectivity index (χ4v) is 1.92. The Morgan fingerprint density at radius 2 is 1.79 bits per heavy atom. The third-order valence-corrected chi connectivity index (χ3v) is 5.24. The molecule has 1 N–H and O–H groups in total. The second-order valence-electron chi connectivity index (χ2n) is 4.72. The first-order valence-corrected chi connectivity index (χ1v) is 7.98. The topological polar surface area (TPSA) is 76.1 Å². The van der Waals surface area contributed by atoms with Gasteiger partial charge in [-0.1, -0.05) is 23.2 Å². The van der Waals surface area contributed by atoms with Gasteiger partial charge in [0, 0.05) is 18.4 Å². The third kappa shape index (κ3) is 4.33. The first-order valence-electron chi connectivity index (χ1n) is 5.34. The number of carbonyl (C=O) groups is 1. The molecule has 1 heterocycles. The highest BCUT2D eigenvalue weighted by molar-refractivity contribution is 7.92. The minimum Gasteiger partial charge on any atom is -0.350 e. The van der Waals surface area contributed by atoms with Crippen LogP contribution in [0.15, 0.2) is 12.1 Å². The van der Waals surface area contributed by atoms with Crippen molar-refractivity contribution in [3.63, 3.8) is 0 Å². The number of hydrogen-bond donors (Lipinski definition) is 1. The van der Waals surface area contributed by atoms with Crippen LogP contribution in [0.2, 0.25) is 10.3 Å². The largest absolute Gasteiger partial charge is 0.350 e. The zero-order valence-electron chi connectivity index (χ0n) is 10.7. The predicted octanol–water partition coefficient (Wildman–Crippen LogP) is 1.94. The lowest BCUT2D eigenvalue weighted by molar-refractivity contribution is 0.0950. The maximum atomic E-state index is 11.9. The molecule has 0 aliphatic carbocycles. The highest BCUT2D eigenvalue weighted by Crippen LogP contribution is 2.16. The molecule has 8 heteroatoms. The molecular formula is C11H14Cl2N2O3S. The molecule has 5 nitrogen and oxygen atoms in total. The molecule has 1 aromatic rings. The van der Waals surface area contributed by atoms with Crippen LogP contribution >= 0.6 is 23.2 Å². The molecule has 0 unspecified atom stereocenters. The van der Waals surface area contributed by atoms with Crippen LogP contribution in [0.3, 0.4) is 0 Å². The van der Waals surface area contributed by atoms with Crippen molar-refractivity contribution in [1.29, 1.82) is 0 Å². The molecule has 1 rings (SSSR count). The Hall–Kier alpha value is -0.850. The number of pyridine rings is 1. The number of aromatic nitrogens is 1. The number of sulfone groups is 1. The first-order chi connectivity index (χ1) is 8.53. The molecule has 0 atom stereocenters. The SMILES string of the molecule is CC(C)(CNC(=O)c1cc(Cl)nc(Cl)c1)S(C)(=O)=O. The van der Waals surface area contributed by atoms with E-state index in [2.05, 4.69) is 10.3 Å². The Morgan fingerprint density at radius 1 is 1.32 bits per heavy atom. The van der Waals surface area contributed by atoms with Crippen LogP contribution in [0.4, 0.5) is 0 Å². The lowest BCUT2D eigenvalue weighted by atomic mass is 10.2. The summed E-state index contributed by atoms with van der Waals surface area (Å²) in [6, 6.07) is 2.71. The number of rotatable bonds is 4. The van der Waals surface area contributed by atoms with Crippen molar-refractivity contribution in [3.8, 4) is 0 Å². The summed E-state index contributed by atoms with van der Waals surface area (Å²) in [5.41, 5.74) is 0.231. The molecule has 0 aliphatic heterocycles. The van der Waals surface area contributed by atoms with Crippen molar-refractivity contribution in [2.75, 3.05) is 12.8 Å². The third-order valence-electron chi connectivity index (χ3n) is 2.70. The van der Waals surface area contributed by atoms with Gasteiger partial charge in [-0.25, -0.2) is 13.4 Å². The van der Waals surface area contributed by atoms with Gasteiger partial charge in [0.05, 0.1) is 4.75 Å². The summed E-state index contributed by atoms with van der Waals surface area (Å²) in [6.07, 6.45) is 1.12. The number of nitrogens with one attached hydrogen (secondary N) is 1. The number of halogens is 2. The van der Waals surface area contributed by atoms with Crippen molar-refractivity contribution in [2.24, 2.45) is 0 Å². The summed E-state index contributed by atoms with van der Waals surface area (Å²) in [7, 11) is -3.28. The van der Waals surface area contributed by atoms with E-state index in [9.17, 15) is 13.2 Å². The molecule has 0 aliphatic rings. The van der Waals surface area contributed by atoms with E-state index in [1.54, 1.807) is 0 Å². The van der Waals surface area contributed by atoms with Gasteiger partial charge in [-0.2, -0.15) is 0 Å². The van der Waals surface area contributed by atoms with Gasteiger partial charge in [-0.05, 0) is 26.0 Å². The van der Waals surface area contributed by atoms with E-state index in [0.717, 1.165) is 6.26 Å². The summed E-state index contributed by atoms with van der Waals surface area (Å²) in [5.74, 6) is -0.456. The predicted molar refractivity (Wildman–Crippen MR) is 75.5 cm³/mol. The van der Waals surface area contributed by atoms with Gasteiger partial charge in [0.2, 0.25) is 0 Å². The van der Waals surface area contributed by atoms with Gasteiger partial charge in [0.15, 0.2) is 9.84 Å². The molecule has 0 saturated heterocycles. The van der Waals surface area contributed by atoms with Gasteiger partial charge in [-0.3, -0.25) is 4.79 Å². The standard InChI is InChI=1S/C11H14Cl2N2O3S/c1-11(2,19(3,17)18)6-14-10(16)7-4-8(12)15-9(13)5-7/h4-5H,6H2,1-3H3,(H,14,16). The van der Waals surface area contributed by atoms with E-state index in [1.807, 2.05) is 0 Å². The second-order valence-corrected chi connectivity index (χ2v) is 8.14. The van der Waals surface area contributed by atoms with Gasteiger partial charge in [0.1, 0.15) is 10.3 Å². The second kappa shape index (κ2) is 5.64. The normalized spacial score (nSPS) is 12.3. The molecule has 0 radical (unpaired) electrons. The summed E-state index contributed by atoms with van der Waals surface area (Å²) in [4.78, 5) is 15.6. The highest BCUT2D eigenvalue weighted by atomic mass is 35.5. The van der Waals surface area contributed by atoms with E-state index >= 15 is 0 Å². The van der Waals surface area contributed by atoms with E-state index in [0.29, 0.717) is 0 Å². The van der Waals surface area contributed by atoms with Crippen LogP contribution in [0.5, 0.6) is 0 Å². The average Bonchev–Trinajstić information content (AvgIpc) is 2.23. The fraction of sp³-hybridized carbons (Fsp3) is 0.455. The smallest absolute Gasteiger partial charge is 0.251 e. The number of hydrogen-bond acceptors (Lipinski definition) is 4. The Labute approximate surface area is 122 Å². The van der Waals surface area contributed by atoms with Crippen LogP contribution in [0.1, 0.15) is 24.2 Å². The molecule has 0 saturated carbocycles. The lowest BCUT2D eigenvalue weighted by Gasteiger charge is -2.22. The zero-order valence-corrected chi connectivity index (χ0v) is 13.0. The minimum absolute atomic E-state index is 0.0117. The van der Waals surface area contributed by atoms with Crippen LogP contribution in [-0.4, -0.2) is 36.9 Å². The van der Waals surface area contributed by atoms with Crippen LogP contribution in [0, 0.1) is 0 Å². The fourth-order valence-electron chi connectivity index (χ4n) is 1.12. The summed E-state index contributed by atoms with van der Waals surface area (Å²) < 4.78 is 22.0. The van der Waals surface area contributed by atoms with Crippen LogP contribution < -0.4 is 5.32 Å². The number of nitrogens with zero attached hydrogens (tertiary/aromatic N) is 1. The van der Waals surface area contributed by atoms with Crippen LogP contribution in [-0.2, 0) is 9.84 Å². The van der Waals surface area contributed by atoms with Gasteiger partial charge >= 0.3 is 0 Å². The van der Waals surface area contributed by atoms with Crippen molar-refractivity contribution in [3.05, 3.63) is 28.0 Å². The molecule has 0 spiro atoms.